The molecule has 2 aliphatic rings. The quantitative estimate of drug-likeness (QED) is 0.592. The number of rotatable bonds is 0. The summed E-state index contributed by atoms with van der Waals surface area (Å²) in [5, 5.41) is 3.09. The third-order valence-corrected chi connectivity index (χ3v) is 4.41. The van der Waals surface area contributed by atoms with Gasteiger partial charge in [0.15, 0.2) is 0 Å². The molecule has 0 fully saturated rings. The lowest BCUT2D eigenvalue weighted by Gasteiger charge is -2.24. The number of hydrogen-bond donors (Lipinski definition) is 1. The van der Waals surface area contributed by atoms with E-state index < -0.39 is 11.7 Å². The van der Waals surface area contributed by atoms with Gasteiger partial charge in [0.1, 0.15) is 17.2 Å². The summed E-state index contributed by atoms with van der Waals surface area (Å²) < 4.78 is 31.6. The first kappa shape index (κ1) is 25.1. The minimum atomic E-state index is -0.523. The van der Waals surface area contributed by atoms with E-state index in [4.69, 9.17) is 4.74 Å². The van der Waals surface area contributed by atoms with Crippen LogP contribution in [0.2, 0.25) is 0 Å². The molecule has 0 aromatic heterocycles. The van der Waals surface area contributed by atoms with E-state index in [0.717, 1.165) is 23.2 Å². The molecular formula is C21H26Cl2F2N2O2. The van der Waals surface area contributed by atoms with Gasteiger partial charge in [0, 0.05) is 30.8 Å². The molecule has 0 bridgehead atoms. The van der Waals surface area contributed by atoms with Crippen LogP contribution in [0.15, 0.2) is 36.4 Å². The molecule has 0 saturated heterocycles. The van der Waals surface area contributed by atoms with Crippen LogP contribution in [0.25, 0.3) is 0 Å². The molecule has 0 radical (unpaired) electrons. The second-order valence-electron chi connectivity index (χ2n) is 7.69. The fraction of sp³-hybridized carbons (Fsp3) is 0.381. The van der Waals surface area contributed by atoms with Crippen molar-refractivity contribution < 1.29 is 18.3 Å². The standard InChI is InChI=1S/C13H16FNO2.C8H8FN.2ClH/c1-13(2,3)17-12(16)15-7-9-5-4-6-11(14)10(9)8-15;9-8-3-1-2-6-4-10-5-7(6)8;;/h4-6H,7-8H2,1-3H3;1-3,10H,4-5H2;2*1H. The Balaban J connectivity index is 0.000000301. The van der Waals surface area contributed by atoms with Crippen LogP contribution in [0.3, 0.4) is 0 Å². The van der Waals surface area contributed by atoms with Crippen LogP contribution < -0.4 is 5.32 Å². The molecule has 1 N–H and O–H groups in total. The maximum Gasteiger partial charge on any atom is 0.410 e. The number of nitrogens with one attached hydrogen (secondary N) is 1. The first-order valence-electron chi connectivity index (χ1n) is 8.96. The first-order chi connectivity index (χ1) is 12.7. The third-order valence-electron chi connectivity index (χ3n) is 4.41. The summed E-state index contributed by atoms with van der Waals surface area (Å²) in [4.78, 5) is 13.3. The van der Waals surface area contributed by atoms with E-state index in [1.165, 1.54) is 17.0 Å². The van der Waals surface area contributed by atoms with Gasteiger partial charge in [-0.25, -0.2) is 13.6 Å². The van der Waals surface area contributed by atoms with Gasteiger partial charge in [-0.3, -0.25) is 4.90 Å². The second-order valence-corrected chi connectivity index (χ2v) is 7.69. The molecule has 2 aromatic rings. The van der Waals surface area contributed by atoms with Crippen molar-refractivity contribution in [2.45, 2.75) is 52.6 Å². The fourth-order valence-corrected chi connectivity index (χ4v) is 3.13. The summed E-state index contributed by atoms with van der Waals surface area (Å²) in [5.74, 6) is -0.337. The highest BCUT2D eigenvalue weighted by molar-refractivity contribution is 5.85. The molecule has 0 unspecified atom stereocenters. The number of ether oxygens (including phenoxy) is 1. The average Bonchev–Trinajstić information content (AvgIpc) is 3.22. The number of benzene rings is 2. The smallest absolute Gasteiger partial charge is 0.410 e. The molecule has 0 aliphatic carbocycles. The van der Waals surface area contributed by atoms with Crippen LogP contribution >= 0.6 is 24.8 Å². The Hall–Kier alpha value is -1.89. The number of nitrogens with zero attached hydrogens (tertiary/aromatic N) is 1. The Labute approximate surface area is 182 Å². The maximum atomic E-state index is 13.5. The molecule has 2 aliphatic heterocycles. The lowest BCUT2D eigenvalue weighted by Crippen LogP contribution is -2.33. The summed E-state index contributed by atoms with van der Waals surface area (Å²) in [6.45, 7) is 7.64. The van der Waals surface area contributed by atoms with Gasteiger partial charge in [-0.05, 0) is 44.0 Å². The average molecular weight is 447 g/mol. The minimum Gasteiger partial charge on any atom is -0.444 e. The van der Waals surface area contributed by atoms with E-state index in [0.29, 0.717) is 18.7 Å². The Morgan fingerprint density at radius 2 is 1.52 bits per heavy atom. The zero-order valence-electron chi connectivity index (χ0n) is 16.6. The molecule has 0 spiro atoms. The monoisotopic (exact) mass is 446 g/mol. The van der Waals surface area contributed by atoms with Crippen LogP contribution in [0.5, 0.6) is 0 Å². The van der Waals surface area contributed by atoms with Gasteiger partial charge in [-0.2, -0.15) is 0 Å². The number of fused-ring (bicyclic) bond motifs is 2. The number of carbonyl (C=O) groups is 1. The lowest BCUT2D eigenvalue weighted by molar-refractivity contribution is 0.0241. The van der Waals surface area contributed by atoms with E-state index in [9.17, 15) is 13.6 Å². The number of hydrogen-bond acceptors (Lipinski definition) is 3. The van der Waals surface area contributed by atoms with Crippen molar-refractivity contribution >= 4 is 30.9 Å². The van der Waals surface area contributed by atoms with Crippen LogP contribution in [0, 0.1) is 11.6 Å². The van der Waals surface area contributed by atoms with Crippen LogP contribution in [-0.4, -0.2) is 16.6 Å². The van der Waals surface area contributed by atoms with Crippen molar-refractivity contribution in [1.29, 1.82) is 0 Å². The molecule has 2 aromatic carbocycles. The summed E-state index contributed by atoms with van der Waals surface area (Å²) in [5.41, 5.74) is 2.86. The Morgan fingerprint density at radius 1 is 0.931 bits per heavy atom. The molecule has 0 atom stereocenters. The summed E-state index contributed by atoms with van der Waals surface area (Å²) in [7, 11) is 0. The Kier molecular flexibility index (Phi) is 8.87. The van der Waals surface area contributed by atoms with E-state index in [2.05, 4.69) is 5.32 Å². The van der Waals surface area contributed by atoms with Crippen molar-refractivity contribution in [2.24, 2.45) is 0 Å². The molecular weight excluding hydrogens is 421 g/mol. The van der Waals surface area contributed by atoms with E-state index in [1.807, 2.05) is 32.9 Å². The van der Waals surface area contributed by atoms with Gasteiger partial charge in [0.05, 0.1) is 6.54 Å². The van der Waals surface area contributed by atoms with Gasteiger partial charge < -0.3 is 10.1 Å². The summed E-state index contributed by atoms with van der Waals surface area (Å²) in [6, 6.07) is 10.1. The fourth-order valence-electron chi connectivity index (χ4n) is 3.13. The normalized spacial score (nSPS) is 13.9. The lowest BCUT2D eigenvalue weighted by atomic mass is 10.1. The highest BCUT2D eigenvalue weighted by Crippen LogP contribution is 2.26. The Morgan fingerprint density at radius 3 is 2.07 bits per heavy atom. The number of carbonyl (C=O) groups excluding carboxylic acids is 1. The zero-order valence-corrected chi connectivity index (χ0v) is 18.3. The molecule has 4 rings (SSSR count). The second kappa shape index (κ2) is 10.2. The largest absolute Gasteiger partial charge is 0.444 e. The summed E-state index contributed by atoms with van der Waals surface area (Å²) in [6.07, 6.45) is -0.395. The predicted octanol–water partition coefficient (Wildman–Crippen LogP) is 5.35. The van der Waals surface area contributed by atoms with Crippen LogP contribution in [0.4, 0.5) is 13.6 Å². The van der Waals surface area contributed by atoms with Gasteiger partial charge in [-0.1, -0.05) is 24.3 Å². The number of halogens is 4. The van der Waals surface area contributed by atoms with E-state index in [1.54, 1.807) is 12.1 Å². The van der Waals surface area contributed by atoms with Gasteiger partial charge >= 0.3 is 6.09 Å². The molecule has 1 amide bonds. The van der Waals surface area contributed by atoms with Crippen molar-refractivity contribution in [3.63, 3.8) is 0 Å². The zero-order chi connectivity index (χ0) is 19.6. The van der Waals surface area contributed by atoms with E-state index >= 15 is 0 Å². The number of amides is 1. The van der Waals surface area contributed by atoms with Crippen LogP contribution in [0.1, 0.15) is 43.0 Å². The molecule has 0 saturated carbocycles. The third kappa shape index (κ3) is 6.29. The Bertz CT molecular complexity index is 857. The highest BCUT2D eigenvalue weighted by atomic mass is 35.5. The van der Waals surface area contributed by atoms with Crippen molar-refractivity contribution in [3.05, 3.63) is 70.3 Å². The molecule has 160 valence electrons. The van der Waals surface area contributed by atoms with Crippen LogP contribution in [-0.2, 0) is 30.9 Å². The van der Waals surface area contributed by atoms with Gasteiger partial charge in [-0.15, -0.1) is 24.8 Å². The van der Waals surface area contributed by atoms with Crippen molar-refractivity contribution in [2.75, 3.05) is 0 Å². The molecule has 4 nitrogen and oxygen atoms in total. The molecule has 29 heavy (non-hydrogen) atoms. The van der Waals surface area contributed by atoms with Gasteiger partial charge in [0.25, 0.3) is 0 Å². The molecule has 2 heterocycles. The van der Waals surface area contributed by atoms with Crippen molar-refractivity contribution in [1.82, 2.24) is 10.2 Å². The molecule has 8 heteroatoms. The highest BCUT2D eigenvalue weighted by Gasteiger charge is 2.29. The minimum absolute atomic E-state index is 0. The van der Waals surface area contributed by atoms with E-state index in [-0.39, 0.29) is 43.0 Å². The SMILES string of the molecule is CC(C)(C)OC(=O)N1Cc2cccc(F)c2C1.Cl.Cl.Fc1cccc2c1CNC2. The first-order valence-corrected chi connectivity index (χ1v) is 8.96. The summed E-state index contributed by atoms with van der Waals surface area (Å²) >= 11 is 0. The topological polar surface area (TPSA) is 41.6 Å². The van der Waals surface area contributed by atoms with Crippen molar-refractivity contribution in [3.8, 4) is 0 Å². The predicted molar refractivity (Wildman–Crippen MR) is 113 cm³/mol. The van der Waals surface area contributed by atoms with Gasteiger partial charge in [0.2, 0.25) is 0 Å². The maximum absolute atomic E-state index is 13.5.